The van der Waals surface area contributed by atoms with E-state index in [0.717, 1.165) is 22.7 Å². The molecule has 1 aromatic heterocycles. The van der Waals surface area contributed by atoms with Crippen molar-refractivity contribution in [2.45, 2.75) is 13.8 Å². The highest BCUT2D eigenvalue weighted by molar-refractivity contribution is 6.21. The van der Waals surface area contributed by atoms with Crippen LogP contribution in [0.15, 0.2) is 194 Å². The Hall–Kier alpha value is -6.90. The van der Waals surface area contributed by atoms with E-state index in [1.54, 1.807) is 0 Å². The fourth-order valence-electron chi connectivity index (χ4n) is 8.42. The van der Waals surface area contributed by atoms with Crippen LogP contribution in [-0.4, -0.2) is 4.57 Å². The Morgan fingerprint density at radius 2 is 0.833 bits per heavy atom. The number of aromatic nitrogens is 1. The van der Waals surface area contributed by atoms with Crippen molar-refractivity contribution >= 4 is 60.4 Å². The molecule has 10 rings (SSSR count). The number of nitrogens with zero attached hydrogens (tertiary/aromatic N) is 2. The molecule has 0 unspecified atom stereocenters. The van der Waals surface area contributed by atoms with Crippen molar-refractivity contribution in [1.82, 2.24) is 4.57 Å². The molecule has 256 valence electrons. The maximum Gasteiger partial charge on any atom is 0.0542 e. The predicted octanol–water partition coefficient (Wildman–Crippen LogP) is 14.5. The number of hydrogen-bond acceptors (Lipinski definition) is 1. The molecule has 0 aliphatic rings. The molecule has 0 aliphatic heterocycles. The lowest BCUT2D eigenvalue weighted by Crippen LogP contribution is -2.09. The van der Waals surface area contributed by atoms with E-state index in [9.17, 15) is 0 Å². The largest absolute Gasteiger partial charge is 0.310 e. The summed E-state index contributed by atoms with van der Waals surface area (Å²) in [5.74, 6) is 0. The second-order valence-corrected chi connectivity index (χ2v) is 14.3. The first kappa shape index (κ1) is 31.8. The van der Waals surface area contributed by atoms with Crippen LogP contribution in [0.1, 0.15) is 11.1 Å². The minimum Gasteiger partial charge on any atom is -0.310 e. The molecular weight excluding hydrogens is 653 g/mol. The molecule has 0 fully saturated rings. The third kappa shape index (κ3) is 5.26. The number of rotatable bonds is 6. The second-order valence-electron chi connectivity index (χ2n) is 14.3. The molecule has 0 amide bonds. The summed E-state index contributed by atoms with van der Waals surface area (Å²) in [5.41, 5.74) is 14.4. The quantitative estimate of drug-likeness (QED) is 0.158. The summed E-state index contributed by atoms with van der Waals surface area (Å²) >= 11 is 0. The minimum atomic E-state index is 1.13. The number of anilines is 3. The Morgan fingerprint density at radius 3 is 1.44 bits per heavy atom. The highest BCUT2D eigenvalue weighted by atomic mass is 15.1. The molecule has 0 radical (unpaired) electrons. The summed E-state index contributed by atoms with van der Waals surface area (Å²) in [6, 6.07) is 71.0. The van der Waals surface area contributed by atoms with Gasteiger partial charge in [-0.1, -0.05) is 139 Å². The fourth-order valence-corrected chi connectivity index (χ4v) is 8.42. The molecule has 0 aliphatic carbocycles. The average molecular weight is 691 g/mol. The Balaban J connectivity index is 1.13. The predicted molar refractivity (Wildman–Crippen MR) is 231 cm³/mol. The van der Waals surface area contributed by atoms with Gasteiger partial charge in [-0.05, 0) is 124 Å². The number of fused-ring (bicyclic) bond motifs is 5. The lowest BCUT2D eigenvalue weighted by Gasteiger charge is -2.26. The van der Waals surface area contributed by atoms with Crippen LogP contribution in [0.2, 0.25) is 0 Å². The maximum atomic E-state index is 2.41. The standard InChI is InChI=1S/C52H38N2/c1-35-23-25-37(26-24-35)51-44-18-6-8-20-46(44)52(47-21-9-7-19-45(47)51)38-27-29-40(30-28-38)54-49-22-11-10-17-43(49)48-34-42(31-32-50(48)54)53(39-14-4-3-5-15-39)41-16-12-13-36(2)33-41/h3-34H,1-2H3. The molecule has 0 saturated carbocycles. The van der Waals surface area contributed by atoms with Crippen LogP contribution in [-0.2, 0) is 0 Å². The van der Waals surface area contributed by atoms with Crippen LogP contribution < -0.4 is 4.90 Å². The van der Waals surface area contributed by atoms with Gasteiger partial charge in [-0.15, -0.1) is 0 Å². The van der Waals surface area contributed by atoms with E-state index in [-0.39, 0.29) is 0 Å². The van der Waals surface area contributed by atoms with Gasteiger partial charge in [-0.2, -0.15) is 0 Å². The zero-order chi connectivity index (χ0) is 36.2. The molecule has 10 aromatic rings. The van der Waals surface area contributed by atoms with Gasteiger partial charge in [0.15, 0.2) is 0 Å². The van der Waals surface area contributed by atoms with Crippen molar-refractivity contribution in [3.05, 3.63) is 205 Å². The molecule has 9 aromatic carbocycles. The Morgan fingerprint density at radius 1 is 0.333 bits per heavy atom. The highest BCUT2D eigenvalue weighted by Crippen LogP contribution is 2.44. The average Bonchev–Trinajstić information content (AvgIpc) is 3.55. The number of hydrogen-bond donors (Lipinski definition) is 0. The van der Waals surface area contributed by atoms with Crippen LogP contribution >= 0.6 is 0 Å². The maximum absolute atomic E-state index is 2.41. The zero-order valence-corrected chi connectivity index (χ0v) is 30.4. The van der Waals surface area contributed by atoms with Crippen molar-refractivity contribution in [2.75, 3.05) is 4.90 Å². The summed E-state index contributed by atoms with van der Waals surface area (Å²) in [6.07, 6.45) is 0. The van der Waals surface area contributed by atoms with E-state index >= 15 is 0 Å². The summed E-state index contributed by atoms with van der Waals surface area (Å²) in [4.78, 5) is 2.35. The van der Waals surface area contributed by atoms with Gasteiger partial charge >= 0.3 is 0 Å². The fraction of sp³-hybridized carbons (Fsp3) is 0.0385. The summed E-state index contributed by atoms with van der Waals surface area (Å²) in [6.45, 7) is 4.30. The topological polar surface area (TPSA) is 8.17 Å². The van der Waals surface area contributed by atoms with Crippen LogP contribution in [0.4, 0.5) is 17.1 Å². The number of aryl methyl sites for hydroxylation is 2. The van der Waals surface area contributed by atoms with Crippen LogP contribution in [0, 0.1) is 13.8 Å². The van der Waals surface area contributed by atoms with E-state index in [1.807, 2.05) is 0 Å². The first-order valence-corrected chi connectivity index (χ1v) is 18.7. The van der Waals surface area contributed by atoms with Crippen LogP contribution in [0.3, 0.4) is 0 Å². The number of para-hydroxylation sites is 2. The lowest BCUT2D eigenvalue weighted by molar-refractivity contribution is 1.18. The molecule has 1 heterocycles. The third-order valence-corrected chi connectivity index (χ3v) is 10.9. The normalized spacial score (nSPS) is 11.5. The third-order valence-electron chi connectivity index (χ3n) is 10.9. The SMILES string of the molecule is Cc1ccc(-c2c3ccccc3c(-c3ccc(-n4c5ccccc5c5cc(N(c6ccccc6)c6cccc(C)c6)ccc54)cc3)c3ccccc23)cc1. The zero-order valence-electron chi connectivity index (χ0n) is 30.4. The van der Waals surface area contributed by atoms with Crippen molar-refractivity contribution in [3.63, 3.8) is 0 Å². The molecule has 0 saturated heterocycles. The van der Waals surface area contributed by atoms with Crippen molar-refractivity contribution in [1.29, 1.82) is 0 Å². The first-order valence-electron chi connectivity index (χ1n) is 18.7. The van der Waals surface area contributed by atoms with Gasteiger partial charge in [0.1, 0.15) is 0 Å². The van der Waals surface area contributed by atoms with Gasteiger partial charge in [0.2, 0.25) is 0 Å². The second kappa shape index (κ2) is 12.9. The monoisotopic (exact) mass is 690 g/mol. The van der Waals surface area contributed by atoms with E-state index in [1.165, 1.54) is 76.7 Å². The van der Waals surface area contributed by atoms with Crippen molar-refractivity contribution in [2.24, 2.45) is 0 Å². The molecule has 2 nitrogen and oxygen atoms in total. The van der Waals surface area contributed by atoms with E-state index in [2.05, 4.69) is 217 Å². The first-order chi connectivity index (χ1) is 26.6. The van der Waals surface area contributed by atoms with Gasteiger partial charge in [0, 0.05) is 33.5 Å². The Kier molecular flexibility index (Phi) is 7.63. The van der Waals surface area contributed by atoms with Crippen molar-refractivity contribution in [3.8, 4) is 27.9 Å². The molecule has 54 heavy (non-hydrogen) atoms. The molecule has 0 bridgehead atoms. The van der Waals surface area contributed by atoms with E-state index < -0.39 is 0 Å². The molecule has 0 atom stereocenters. The van der Waals surface area contributed by atoms with Gasteiger partial charge in [0.25, 0.3) is 0 Å². The van der Waals surface area contributed by atoms with Gasteiger partial charge < -0.3 is 9.47 Å². The van der Waals surface area contributed by atoms with Crippen molar-refractivity contribution < 1.29 is 0 Å². The summed E-state index contributed by atoms with van der Waals surface area (Å²) in [5, 5.41) is 7.53. The van der Waals surface area contributed by atoms with Gasteiger partial charge in [-0.25, -0.2) is 0 Å². The molecule has 0 N–H and O–H groups in total. The van der Waals surface area contributed by atoms with Crippen LogP contribution in [0.5, 0.6) is 0 Å². The van der Waals surface area contributed by atoms with Crippen LogP contribution in [0.25, 0.3) is 71.3 Å². The number of benzene rings is 9. The van der Waals surface area contributed by atoms with Gasteiger partial charge in [-0.3, -0.25) is 0 Å². The summed E-state index contributed by atoms with van der Waals surface area (Å²) in [7, 11) is 0. The van der Waals surface area contributed by atoms with E-state index in [4.69, 9.17) is 0 Å². The summed E-state index contributed by atoms with van der Waals surface area (Å²) < 4.78 is 2.41. The molecule has 0 spiro atoms. The lowest BCUT2D eigenvalue weighted by atomic mass is 9.86. The minimum absolute atomic E-state index is 1.13. The van der Waals surface area contributed by atoms with E-state index in [0.29, 0.717) is 0 Å². The molecular formula is C52H38N2. The Labute approximate surface area is 315 Å². The molecule has 2 heteroatoms. The smallest absolute Gasteiger partial charge is 0.0542 e. The highest BCUT2D eigenvalue weighted by Gasteiger charge is 2.19. The Bertz CT molecular complexity index is 2930. The van der Waals surface area contributed by atoms with Gasteiger partial charge in [0.05, 0.1) is 11.0 Å².